The van der Waals surface area contributed by atoms with Crippen molar-refractivity contribution in [1.82, 2.24) is 4.90 Å². The van der Waals surface area contributed by atoms with Gasteiger partial charge in [0.25, 0.3) is 0 Å². The van der Waals surface area contributed by atoms with Gasteiger partial charge in [0.1, 0.15) is 6.04 Å². The summed E-state index contributed by atoms with van der Waals surface area (Å²) in [5, 5.41) is 2.90. The van der Waals surface area contributed by atoms with Crippen LogP contribution in [0.3, 0.4) is 0 Å². The Labute approximate surface area is 169 Å². The maximum atomic E-state index is 12.9. The molecule has 0 aromatic heterocycles. The number of esters is 1. The smallest absolute Gasteiger partial charge is 0.340 e. The van der Waals surface area contributed by atoms with E-state index in [0.29, 0.717) is 23.2 Å². The number of benzene rings is 2. The molecule has 150 valence electrons. The average molecular weight is 392 g/mol. The van der Waals surface area contributed by atoms with E-state index in [4.69, 9.17) is 4.74 Å². The third-order valence-electron chi connectivity index (χ3n) is 5.52. The second kappa shape index (κ2) is 8.07. The van der Waals surface area contributed by atoms with Gasteiger partial charge in [0.2, 0.25) is 18.0 Å². The van der Waals surface area contributed by atoms with Gasteiger partial charge in [-0.3, -0.25) is 14.5 Å². The molecule has 2 aliphatic heterocycles. The maximum Gasteiger partial charge on any atom is 0.340 e. The normalized spacial score (nSPS) is 20.5. The quantitative estimate of drug-likeness (QED) is 0.758. The fraction of sp³-hybridized carbons (Fsp3) is 0.348. The summed E-state index contributed by atoms with van der Waals surface area (Å²) in [5.74, 6) is -0.917. The number of cyclic esters (lactones) is 1. The molecular weight excluding hydrogens is 368 g/mol. The van der Waals surface area contributed by atoms with Gasteiger partial charge < -0.3 is 10.1 Å². The Kier molecular flexibility index (Phi) is 5.34. The van der Waals surface area contributed by atoms with Gasteiger partial charge in [-0.05, 0) is 43.0 Å². The minimum atomic E-state index is -0.846. The number of fused-ring (bicyclic) bond motifs is 1. The second-order valence-electron chi connectivity index (χ2n) is 7.49. The molecule has 0 saturated carbocycles. The van der Waals surface area contributed by atoms with Crippen molar-refractivity contribution in [3.8, 4) is 0 Å². The molecule has 2 atom stereocenters. The van der Waals surface area contributed by atoms with E-state index in [1.165, 1.54) is 10.5 Å². The standard InChI is InChI=1S/C23H24N2O4/c1-2-3-6-15-9-11-16(12-10-15)24-21(27)19-13-14-20(26)25(19)22-17-7-4-5-8-18(17)23(28)29-22/h4-5,7-12,19,22H,2-3,6,13-14H2,1H3,(H,24,27)/t19-,22?/m0/s1. The summed E-state index contributed by atoms with van der Waals surface area (Å²) >= 11 is 0. The first-order valence-corrected chi connectivity index (χ1v) is 10.1. The fourth-order valence-corrected chi connectivity index (χ4v) is 3.95. The zero-order valence-electron chi connectivity index (χ0n) is 16.4. The van der Waals surface area contributed by atoms with E-state index >= 15 is 0 Å². The number of carbonyl (C=O) groups excluding carboxylic acids is 3. The van der Waals surface area contributed by atoms with Crippen LogP contribution in [0.1, 0.15) is 60.3 Å². The largest absolute Gasteiger partial charge is 0.433 e. The van der Waals surface area contributed by atoms with Crippen LogP contribution in [0.4, 0.5) is 5.69 Å². The van der Waals surface area contributed by atoms with Gasteiger partial charge in [-0.15, -0.1) is 0 Å². The Morgan fingerprint density at radius 1 is 1.14 bits per heavy atom. The van der Waals surface area contributed by atoms with E-state index in [1.54, 1.807) is 24.3 Å². The highest BCUT2D eigenvalue weighted by atomic mass is 16.6. The van der Waals surface area contributed by atoms with Crippen molar-refractivity contribution in [2.45, 2.75) is 51.3 Å². The molecule has 1 N–H and O–H groups in total. The Balaban J connectivity index is 1.50. The fourth-order valence-electron chi connectivity index (χ4n) is 3.95. The number of ether oxygens (including phenoxy) is 1. The van der Waals surface area contributed by atoms with E-state index in [2.05, 4.69) is 12.2 Å². The number of anilines is 1. The topological polar surface area (TPSA) is 75.7 Å². The third-order valence-corrected chi connectivity index (χ3v) is 5.52. The third kappa shape index (κ3) is 3.75. The van der Waals surface area contributed by atoms with E-state index in [9.17, 15) is 14.4 Å². The lowest BCUT2D eigenvalue weighted by molar-refractivity contribution is -0.144. The van der Waals surface area contributed by atoms with Crippen LogP contribution in [-0.2, 0) is 20.7 Å². The van der Waals surface area contributed by atoms with Crippen molar-refractivity contribution in [3.63, 3.8) is 0 Å². The van der Waals surface area contributed by atoms with Crippen molar-refractivity contribution in [2.75, 3.05) is 5.32 Å². The molecular formula is C23H24N2O4. The lowest BCUT2D eigenvalue weighted by atomic mass is 10.1. The van der Waals surface area contributed by atoms with Crippen molar-refractivity contribution in [1.29, 1.82) is 0 Å². The molecule has 2 aliphatic rings. The van der Waals surface area contributed by atoms with Crippen LogP contribution in [0.25, 0.3) is 0 Å². The summed E-state index contributed by atoms with van der Waals surface area (Å²) in [5.41, 5.74) is 3.00. The number of hydrogen-bond donors (Lipinski definition) is 1. The van der Waals surface area contributed by atoms with Crippen LogP contribution in [0.5, 0.6) is 0 Å². The van der Waals surface area contributed by atoms with Gasteiger partial charge in [-0.25, -0.2) is 4.79 Å². The molecule has 2 aromatic rings. The first-order chi connectivity index (χ1) is 14.1. The SMILES string of the molecule is CCCCc1ccc(NC(=O)[C@@H]2CCC(=O)N2C2OC(=O)c3ccccc32)cc1. The molecule has 1 saturated heterocycles. The van der Waals surface area contributed by atoms with E-state index in [-0.39, 0.29) is 18.2 Å². The highest BCUT2D eigenvalue weighted by molar-refractivity contribution is 6.00. The summed E-state index contributed by atoms with van der Waals surface area (Å²) in [6, 6.07) is 14.1. The van der Waals surface area contributed by atoms with Crippen LogP contribution >= 0.6 is 0 Å². The number of hydrogen-bond acceptors (Lipinski definition) is 4. The molecule has 0 spiro atoms. The van der Waals surface area contributed by atoms with Crippen molar-refractivity contribution in [2.24, 2.45) is 0 Å². The van der Waals surface area contributed by atoms with E-state index in [1.807, 2.05) is 24.3 Å². The predicted molar refractivity (Wildman–Crippen MR) is 108 cm³/mol. The zero-order chi connectivity index (χ0) is 20.4. The number of unbranched alkanes of at least 4 members (excludes halogenated alkanes) is 1. The number of amides is 2. The number of nitrogens with one attached hydrogen (secondary N) is 1. The summed E-state index contributed by atoms with van der Waals surface area (Å²) in [7, 11) is 0. The van der Waals surface area contributed by atoms with Gasteiger partial charge in [-0.2, -0.15) is 0 Å². The molecule has 0 aliphatic carbocycles. The van der Waals surface area contributed by atoms with Gasteiger partial charge in [0.15, 0.2) is 0 Å². The summed E-state index contributed by atoms with van der Waals surface area (Å²) < 4.78 is 5.46. The average Bonchev–Trinajstić information content (AvgIpc) is 3.27. The summed E-state index contributed by atoms with van der Waals surface area (Å²) in [4.78, 5) is 39.0. The number of rotatable bonds is 6. The Morgan fingerprint density at radius 3 is 2.66 bits per heavy atom. The van der Waals surface area contributed by atoms with E-state index in [0.717, 1.165) is 19.3 Å². The first-order valence-electron chi connectivity index (χ1n) is 10.1. The Hall–Kier alpha value is -3.15. The molecule has 2 aromatic carbocycles. The highest BCUT2D eigenvalue weighted by Crippen LogP contribution is 2.38. The number of carbonyl (C=O) groups is 3. The van der Waals surface area contributed by atoms with Crippen LogP contribution in [0.15, 0.2) is 48.5 Å². The van der Waals surface area contributed by atoms with Gasteiger partial charge >= 0.3 is 5.97 Å². The molecule has 0 radical (unpaired) electrons. The monoisotopic (exact) mass is 392 g/mol. The van der Waals surface area contributed by atoms with Gasteiger partial charge in [-0.1, -0.05) is 43.7 Å². The van der Waals surface area contributed by atoms with Crippen LogP contribution < -0.4 is 5.32 Å². The molecule has 2 heterocycles. The Morgan fingerprint density at radius 2 is 1.90 bits per heavy atom. The number of nitrogens with zero attached hydrogens (tertiary/aromatic N) is 1. The second-order valence-corrected chi connectivity index (χ2v) is 7.49. The zero-order valence-corrected chi connectivity index (χ0v) is 16.4. The van der Waals surface area contributed by atoms with Crippen LogP contribution in [-0.4, -0.2) is 28.7 Å². The minimum Gasteiger partial charge on any atom is -0.433 e. The lowest BCUT2D eigenvalue weighted by Crippen LogP contribution is -2.43. The maximum absolute atomic E-state index is 12.9. The van der Waals surface area contributed by atoms with Crippen molar-refractivity contribution >= 4 is 23.5 Å². The molecule has 6 nitrogen and oxygen atoms in total. The molecule has 6 heteroatoms. The first kappa shape index (κ1) is 19.2. The molecule has 1 fully saturated rings. The van der Waals surface area contributed by atoms with Gasteiger partial charge in [0, 0.05) is 17.7 Å². The molecule has 1 unspecified atom stereocenters. The summed E-state index contributed by atoms with van der Waals surface area (Å²) in [6.07, 6.45) is 3.09. The highest BCUT2D eigenvalue weighted by Gasteiger charge is 2.46. The van der Waals surface area contributed by atoms with E-state index < -0.39 is 18.2 Å². The molecule has 2 amide bonds. The lowest BCUT2D eigenvalue weighted by Gasteiger charge is -2.29. The number of aryl methyl sites for hydroxylation is 1. The van der Waals surface area contributed by atoms with Crippen molar-refractivity contribution in [3.05, 3.63) is 65.2 Å². The molecule has 29 heavy (non-hydrogen) atoms. The van der Waals surface area contributed by atoms with Crippen molar-refractivity contribution < 1.29 is 19.1 Å². The molecule has 0 bridgehead atoms. The van der Waals surface area contributed by atoms with Gasteiger partial charge in [0.05, 0.1) is 5.56 Å². The Bertz CT molecular complexity index is 938. The minimum absolute atomic E-state index is 0.186. The number of likely N-dealkylation sites (tertiary alicyclic amines) is 1. The van der Waals surface area contributed by atoms with Crippen LogP contribution in [0.2, 0.25) is 0 Å². The van der Waals surface area contributed by atoms with Crippen LogP contribution in [0, 0.1) is 0 Å². The molecule has 4 rings (SSSR count). The predicted octanol–water partition coefficient (Wildman–Crippen LogP) is 3.83. The summed E-state index contributed by atoms with van der Waals surface area (Å²) in [6.45, 7) is 2.16.